The van der Waals surface area contributed by atoms with Crippen LogP contribution in [0.2, 0.25) is 0 Å². The Kier molecular flexibility index (Phi) is 3.21. The first-order valence-corrected chi connectivity index (χ1v) is 7.42. The van der Waals surface area contributed by atoms with E-state index in [1.165, 1.54) is 12.8 Å². The minimum Gasteiger partial charge on any atom is -0.398 e. The van der Waals surface area contributed by atoms with Gasteiger partial charge in [-0.3, -0.25) is 4.98 Å². The van der Waals surface area contributed by atoms with Crippen molar-refractivity contribution in [1.29, 1.82) is 0 Å². The van der Waals surface area contributed by atoms with Crippen molar-refractivity contribution in [3.63, 3.8) is 0 Å². The highest BCUT2D eigenvalue weighted by Gasteiger charge is 2.21. The van der Waals surface area contributed by atoms with Crippen LogP contribution in [0.3, 0.4) is 0 Å². The Labute approximate surface area is 120 Å². The number of pyridine rings is 1. The molecule has 0 atom stereocenters. The van der Waals surface area contributed by atoms with Crippen LogP contribution in [0, 0.1) is 12.7 Å². The fourth-order valence-electron chi connectivity index (χ4n) is 2.97. The van der Waals surface area contributed by atoms with Gasteiger partial charge in [0.25, 0.3) is 0 Å². The molecule has 2 nitrogen and oxygen atoms in total. The number of fused-ring (bicyclic) bond motifs is 1. The van der Waals surface area contributed by atoms with Crippen LogP contribution in [0.4, 0.5) is 10.1 Å². The van der Waals surface area contributed by atoms with Gasteiger partial charge in [0, 0.05) is 17.3 Å². The van der Waals surface area contributed by atoms with Crippen LogP contribution in [-0.4, -0.2) is 4.98 Å². The van der Waals surface area contributed by atoms with Crippen LogP contribution in [0.15, 0.2) is 16.6 Å². The summed E-state index contributed by atoms with van der Waals surface area (Å²) in [4.78, 5) is 4.68. The number of aryl methyl sites for hydroxylation is 1. The zero-order chi connectivity index (χ0) is 13.6. The first-order chi connectivity index (χ1) is 9.08. The van der Waals surface area contributed by atoms with Gasteiger partial charge < -0.3 is 5.73 Å². The molecule has 1 aliphatic carbocycles. The molecule has 0 saturated heterocycles. The van der Waals surface area contributed by atoms with Gasteiger partial charge >= 0.3 is 0 Å². The SMILES string of the molecule is Cc1cc(Br)c(F)c2c(N)cc(C3CCCC3)nc12. The fourth-order valence-corrected chi connectivity index (χ4v) is 3.52. The van der Waals surface area contributed by atoms with E-state index in [1.54, 1.807) is 6.07 Å². The van der Waals surface area contributed by atoms with E-state index in [0.717, 1.165) is 24.1 Å². The zero-order valence-electron chi connectivity index (χ0n) is 10.8. The van der Waals surface area contributed by atoms with E-state index in [0.29, 0.717) is 27.0 Å². The average molecular weight is 323 g/mol. The van der Waals surface area contributed by atoms with Gasteiger partial charge in [0.05, 0.1) is 15.4 Å². The van der Waals surface area contributed by atoms with Gasteiger partial charge in [-0.2, -0.15) is 0 Å². The van der Waals surface area contributed by atoms with Crippen molar-refractivity contribution in [2.24, 2.45) is 0 Å². The molecular weight excluding hydrogens is 307 g/mol. The monoisotopic (exact) mass is 322 g/mol. The minimum absolute atomic E-state index is 0.316. The smallest absolute Gasteiger partial charge is 0.148 e. The summed E-state index contributed by atoms with van der Waals surface area (Å²) in [6, 6.07) is 3.62. The van der Waals surface area contributed by atoms with Crippen molar-refractivity contribution in [1.82, 2.24) is 4.98 Å². The Morgan fingerprint density at radius 1 is 1.32 bits per heavy atom. The van der Waals surface area contributed by atoms with Crippen molar-refractivity contribution in [3.05, 3.63) is 33.7 Å². The molecule has 0 aliphatic heterocycles. The Bertz CT molecular complexity index is 648. The van der Waals surface area contributed by atoms with Crippen LogP contribution in [-0.2, 0) is 0 Å². The molecule has 0 amide bonds. The summed E-state index contributed by atoms with van der Waals surface area (Å²) >= 11 is 3.23. The van der Waals surface area contributed by atoms with Crippen molar-refractivity contribution < 1.29 is 4.39 Å². The lowest BCUT2D eigenvalue weighted by molar-refractivity contribution is 0.632. The average Bonchev–Trinajstić information content (AvgIpc) is 2.89. The minimum atomic E-state index is -0.316. The van der Waals surface area contributed by atoms with E-state index in [4.69, 9.17) is 5.73 Å². The maximum atomic E-state index is 14.2. The van der Waals surface area contributed by atoms with E-state index >= 15 is 0 Å². The topological polar surface area (TPSA) is 38.9 Å². The normalized spacial score (nSPS) is 16.4. The van der Waals surface area contributed by atoms with E-state index < -0.39 is 0 Å². The highest BCUT2D eigenvalue weighted by Crippen LogP contribution is 2.37. The van der Waals surface area contributed by atoms with Crippen LogP contribution >= 0.6 is 15.9 Å². The van der Waals surface area contributed by atoms with Gasteiger partial charge in [0.15, 0.2) is 0 Å². The summed E-state index contributed by atoms with van der Waals surface area (Å²) in [5.41, 5.74) is 9.23. The fraction of sp³-hybridized carbons (Fsp3) is 0.400. The summed E-state index contributed by atoms with van der Waals surface area (Å²) in [5.74, 6) is 0.168. The molecule has 2 N–H and O–H groups in total. The van der Waals surface area contributed by atoms with Crippen LogP contribution in [0.25, 0.3) is 10.9 Å². The van der Waals surface area contributed by atoms with Crippen molar-refractivity contribution in [3.8, 4) is 0 Å². The molecule has 1 saturated carbocycles. The summed E-state index contributed by atoms with van der Waals surface area (Å²) in [6.07, 6.45) is 4.82. The third kappa shape index (κ3) is 2.12. The zero-order valence-corrected chi connectivity index (χ0v) is 12.4. The van der Waals surface area contributed by atoms with Crippen molar-refractivity contribution >= 4 is 32.5 Å². The molecule has 3 rings (SSSR count). The van der Waals surface area contributed by atoms with Gasteiger partial charge in [-0.25, -0.2) is 4.39 Å². The molecule has 1 aromatic heterocycles. The molecule has 1 fully saturated rings. The Balaban J connectivity index is 2.25. The lowest BCUT2D eigenvalue weighted by Crippen LogP contribution is -2.02. The van der Waals surface area contributed by atoms with E-state index in [9.17, 15) is 4.39 Å². The number of halogens is 2. The number of hydrogen-bond acceptors (Lipinski definition) is 2. The van der Waals surface area contributed by atoms with Crippen molar-refractivity contribution in [2.45, 2.75) is 38.5 Å². The summed E-state index contributed by atoms with van der Waals surface area (Å²) in [7, 11) is 0. The first-order valence-electron chi connectivity index (χ1n) is 6.62. The van der Waals surface area contributed by atoms with Crippen LogP contribution in [0.5, 0.6) is 0 Å². The lowest BCUT2D eigenvalue weighted by Gasteiger charge is -2.14. The van der Waals surface area contributed by atoms with Gasteiger partial charge in [-0.1, -0.05) is 12.8 Å². The maximum Gasteiger partial charge on any atom is 0.148 e. The number of benzene rings is 1. The summed E-state index contributed by atoms with van der Waals surface area (Å²) < 4.78 is 14.6. The lowest BCUT2D eigenvalue weighted by atomic mass is 10.00. The highest BCUT2D eigenvalue weighted by molar-refractivity contribution is 9.10. The molecule has 1 aromatic carbocycles. The molecule has 2 aromatic rings. The number of hydrogen-bond donors (Lipinski definition) is 1. The number of nitrogen functional groups attached to an aromatic ring is 1. The van der Waals surface area contributed by atoms with E-state index in [1.807, 2.05) is 13.0 Å². The van der Waals surface area contributed by atoms with Gasteiger partial charge in [-0.15, -0.1) is 0 Å². The third-order valence-electron chi connectivity index (χ3n) is 3.99. The van der Waals surface area contributed by atoms with Crippen LogP contribution in [0.1, 0.15) is 42.9 Å². The number of nitrogens with two attached hydrogens (primary N) is 1. The molecule has 0 radical (unpaired) electrons. The van der Waals surface area contributed by atoms with E-state index in [2.05, 4.69) is 20.9 Å². The Morgan fingerprint density at radius 3 is 2.68 bits per heavy atom. The van der Waals surface area contributed by atoms with Crippen molar-refractivity contribution in [2.75, 3.05) is 5.73 Å². The number of rotatable bonds is 1. The molecule has 100 valence electrons. The largest absolute Gasteiger partial charge is 0.398 e. The molecule has 0 spiro atoms. The second kappa shape index (κ2) is 4.75. The summed E-state index contributed by atoms with van der Waals surface area (Å²) in [5, 5.41) is 0.439. The maximum absolute atomic E-state index is 14.2. The molecule has 19 heavy (non-hydrogen) atoms. The first kappa shape index (κ1) is 12.9. The second-order valence-corrected chi connectivity index (χ2v) is 6.18. The van der Waals surface area contributed by atoms with E-state index in [-0.39, 0.29) is 5.82 Å². The molecule has 4 heteroatoms. The predicted octanol–water partition coefficient (Wildman–Crippen LogP) is 4.68. The molecule has 0 bridgehead atoms. The van der Waals surface area contributed by atoms with Gasteiger partial charge in [0.1, 0.15) is 5.82 Å². The van der Waals surface area contributed by atoms with Crippen LogP contribution < -0.4 is 5.73 Å². The second-order valence-electron chi connectivity index (χ2n) is 5.33. The number of nitrogens with zero attached hydrogens (tertiary/aromatic N) is 1. The van der Waals surface area contributed by atoms with Gasteiger partial charge in [-0.05, 0) is 53.4 Å². The highest BCUT2D eigenvalue weighted by atomic mass is 79.9. The third-order valence-corrected chi connectivity index (χ3v) is 4.57. The molecular formula is C15H16BrFN2. The molecule has 1 aliphatic rings. The predicted molar refractivity (Wildman–Crippen MR) is 79.8 cm³/mol. The number of aromatic nitrogens is 1. The Hall–Kier alpha value is -1.16. The summed E-state index contributed by atoms with van der Waals surface area (Å²) in [6.45, 7) is 1.94. The standard InChI is InChI=1S/C15H16BrFN2/c1-8-6-10(16)14(17)13-11(18)7-12(19-15(8)13)9-4-2-3-5-9/h6-7,9H,2-5H2,1H3,(H2,18,19). The quantitative estimate of drug-likeness (QED) is 0.827. The Morgan fingerprint density at radius 2 is 2.00 bits per heavy atom. The number of anilines is 1. The molecule has 0 unspecified atom stereocenters. The molecule has 1 heterocycles. The van der Waals surface area contributed by atoms with Gasteiger partial charge in [0.2, 0.25) is 0 Å².